The first-order chi connectivity index (χ1) is 15.2. The third kappa shape index (κ3) is 3.03. The summed E-state index contributed by atoms with van der Waals surface area (Å²) in [5.74, 6) is 0. The largest absolute Gasteiger partial charge is 0.274 e. The molecule has 0 aliphatic heterocycles. The lowest BCUT2D eigenvalue weighted by Crippen LogP contribution is -1.99. The number of rotatable bonds is 3. The molecule has 5 nitrogen and oxygen atoms in total. The Hall–Kier alpha value is -3.48. The van der Waals surface area contributed by atoms with Crippen LogP contribution >= 0.6 is 22.9 Å². The molecule has 0 atom stereocenters. The standard InChI is InChI=1S/C24H16ClN5S/c1-15-4-10-19(11-5-15)30-23-22(21(28-30)17-3-2-12-26-13-17)31-24-27-20(14-29(23)24)16-6-8-18(25)9-7-16/h2-14H,1H3. The fourth-order valence-electron chi connectivity index (χ4n) is 3.70. The van der Waals surface area contributed by atoms with Gasteiger partial charge in [0.05, 0.1) is 11.4 Å². The van der Waals surface area contributed by atoms with E-state index in [2.05, 4.69) is 46.8 Å². The summed E-state index contributed by atoms with van der Waals surface area (Å²) in [5.41, 5.74) is 7.05. The second kappa shape index (κ2) is 7.04. The molecule has 4 heterocycles. The Kier molecular flexibility index (Phi) is 4.16. The molecule has 7 heteroatoms. The first-order valence-corrected chi connectivity index (χ1v) is 11.0. The Morgan fingerprint density at radius 1 is 0.935 bits per heavy atom. The van der Waals surface area contributed by atoms with E-state index in [0.717, 1.165) is 43.5 Å². The average molecular weight is 442 g/mol. The van der Waals surface area contributed by atoms with Gasteiger partial charge in [-0.15, -0.1) is 0 Å². The van der Waals surface area contributed by atoms with Crippen LogP contribution in [0.1, 0.15) is 5.56 Å². The molecular formula is C24H16ClN5S. The monoisotopic (exact) mass is 441 g/mol. The van der Waals surface area contributed by atoms with Crippen LogP contribution in [0.15, 0.2) is 79.3 Å². The summed E-state index contributed by atoms with van der Waals surface area (Å²) in [6.45, 7) is 2.08. The van der Waals surface area contributed by atoms with E-state index in [1.165, 1.54) is 5.56 Å². The summed E-state index contributed by atoms with van der Waals surface area (Å²) in [7, 11) is 0. The van der Waals surface area contributed by atoms with Crippen LogP contribution in [0, 0.1) is 6.92 Å². The Balaban J connectivity index is 1.62. The van der Waals surface area contributed by atoms with Crippen LogP contribution < -0.4 is 0 Å². The van der Waals surface area contributed by atoms with Gasteiger partial charge in [-0.05, 0) is 43.3 Å². The molecule has 0 saturated carbocycles. The van der Waals surface area contributed by atoms with Gasteiger partial charge in [0.1, 0.15) is 10.4 Å². The first kappa shape index (κ1) is 18.3. The van der Waals surface area contributed by atoms with E-state index >= 15 is 0 Å². The maximum absolute atomic E-state index is 6.06. The van der Waals surface area contributed by atoms with Gasteiger partial charge in [-0.2, -0.15) is 5.10 Å². The molecular weight excluding hydrogens is 426 g/mol. The number of fused-ring (bicyclic) bond motifs is 3. The molecule has 31 heavy (non-hydrogen) atoms. The van der Waals surface area contributed by atoms with Crippen LogP contribution in [0.3, 0.4) is 0 Å². The summed E-state index contributed by atoms with van der Waals surface area (Å²) in [6, 6.07) is 20.1. The van der Waals surface area contributed by atoms with E-state index in [4.69, 9.17) is 21.7 Å². The van der Waals surface area contributed by atoms with Gasteiger partial charge in [0.15, 0.2) is 10.6 Å². The molecule has 0 bridgehead atoms. The highest BCUT2D eigenvalue weighted by molar-refractivity contribution is 7.24. The van der Waals surface area contributed by atoms with Gasteiger partial charge < -0.3 is 0 Å². The molecule has 6 rings (SSSR count). The number of thiazole rings is 1. The molecule has 0 N–H and O–H groups in total. The summed E-state index contributed by atoms with van der Waals surface area (Å²) < 4.78 is 5.20. The third-order valence-corrected chi connectivity index (χ3v) is 6.57. The third-order valence-electron chi connectivity index (χ3n) is 5.27. The highest BCUT2D eigenvalue weighted by Gasteiger charge is 2.21. The van der Waals surface area contributed by atoms with Crippen LogP contribution in [0.2, 0.25) is 5.02 Å². The number of halogens is 1. The lowest BCUT2D eigenvalue weighted by molar-refractivity contribution is 0.892. The van der Waals surface area contributed by atoms with Gasteiger partial charge >= 0.3 is 0 Å². The molecule has 0 unspecified atom stereocenters. The fraction of sp³-hybridized carbons (Fsp3) is 0.0417. The number of aryl methyl sites for hydroxylation is 1. The van der Waals surface area contributed by atoms with Crippen molar-refractivity contribution in [3.8, 4) is 28.2 Å². The molecule has 150 valence electrons. The minimum atomic E-state index is 0.714. The van der Waals surface area contributed by atoms with Gasteiger partial charge in [0, 0.05) is 34.7 Å². The number of nitrogens with zero attached hydrogens (tertiary/aromatic N) is 5. The average Bonchev–Trinajstić information content (AvgIpc) is 3.45. The topological polar surface area (TPSA) is 48.0 Å². The molecule has 0 spiro atoms. The number of imidazole rings is 1. The Morgan fingerprint density at radius 2 is 1.74 bits per heavy atom. The highest BCUT2D eigenvalue weighted by Crippen LogP contribution is 2.37. The van der Waals surface area contributed by atoms with Crippen molar-refractivity contribution >= 4 is 38.2 Å². The maximum atomic E-state index is 6.06. The Labute approximate surface area is 187 Å². The van der Waals surface area contributed by atoms with Crippen molar-refractivity contribution in [2.24, 2.45) is 0 Å². The summed E-state index contributed by atoms with van der Waals surface area (Å²) in [5, 5.41) is 5.70. The molecule has 0 amide bonds. The maximum Gasteiger partial charge on any atom is 0.196 e. The number of pyridine rings is 1. The SMILES string of the molecule is Cc1ccc(-n2nc(-c3cccnc3)c3sc4nc(-c5ccc(Cl)cc5)cn4c32)cc1. The van der Waals surface area contributed by atoms with Gasteiger partial charge in [-0.3, -0.25) is 9.38 Å². The highest BCUT2D eigenvalue weighted by atomic mass is 35.5. The van der Waals surface area contributed by atoms with Crippen molar-refractivity contribution in [1.29, 1.82) is 0 Å². The second-order valence-corrected chi connectivity index (χ2v) is 8.79. The lowest BCUT2D eigenvalue weighted by atomic mass is 10.2. The lowest BCUT2D eigenvalue weighted by Gasteiger charge is -2.03. The van der Waals surface area contributed by atoms with Crippen molar-refractivity contribution in [1.82, 2.24) is 24.1 Å². The van der Waals surface area contributed by atoms with Gasteiger partial charge in [0.2, 0.25) is 0 Å². The molecule has 2 aromatic carbocycles. The minimum absolute atomic E-state index is 0.714. The van der Waals surface area contributed by atoms with Crippen molar-refractivity contribution in [3.63, 3.8) is 0 Å². The van der Waals surface area contributed by atoms with Gasteiger partial charge in [-0.1, -0.05) is 52.8 Å². The fourth-order valence-corrected chi connectivity index (χ4v) is 4.92. The molecule has 6 aromatic rings. The van der Waals surface area contributed by atoms with E-state index in [0.29, 0.717) is 5.02 Å². The zero-order chi connectivity index (χ0) is 20.9. The molecule has 0 aliphatic carbocycles. The van der Waals surface area contributed by atoms with Crippen LogP contribution in [-0.4, -0.2) is 24.1 Å². The Bertz CT molecular complexity index is 1530. The quantitative estimate of drug-likeness (QED) is 0.318. The van der Waals surface area contributed by atoms with Crippen molar-refractivity contribution in [3.05, 3.63) is 89.8 Å². The van der Waals surface area contributed by atoms with Crippen LogP contribution in [0.4, 0.5) is 0 Å². The number of benzene rings is 2. The number of hydrogen-bond donors (Lipinski definition) is 0. The predicted molar refractivity (Wildman–Crippen MR) is 126 cm³/mol. The Morgan fingerprint density at radius 3 is 2.48 bits per heavy atom. The molecule has 4 aromatic heterocycles. The van der Waals surface area contributed by atoms with Crippen LogP contribution in [-0.2, 0) is 0 Å². The summed E-state index contributed by atoms with van der Waals surface area (Å²) in [6.07, 6.45) is 5.69. The van der Waals surface area contributed by atoms with Crippen molar-refractivity contribution in [2.75, 3.05) is 0 Å². The van der Waals surface area contributed by atoms with E-state index in [9.17, 15) is 0 Å². The van der Waals surface area contributed by atoms with E-state index < -0.39 is 0 Å². The first-order valence-electron chi connectivity index (χ1n) is 9.81. The minimum Gasteiger partial charge on any atom is -0.274 e. The molecule has 0 radical (unpaired) electrons. The number of hydrogen-bond acceptors (Lipinski definition) is 4. The van der Waals surface area contributed by atoms with Crippen LogP contribution in [0.25, 0.3) is 43.5 Å². The number of aromatic nitrogens is 5. The van der Waals surface area contributed by atoms with Gasteiger partial charge in [0.25, 0.3) is 0 Å². The van der Waals surface area contributed by atoms with E-state index in [1.807, 2.05) is 47.3 Å². The van der Waals surface area contributed by atoms with Crippen LogP contribution in [0.5, 0.6) is 0 Å². The summed E-state index contributed by atoms with van der Waals surface area (Å²) in [4.78, 5) is 10.1. The van der Waals surface area contributed by atoms with Gasteiger partial charge in [-0.25, -0.2) is 9.67 Å². The zero-order valence-electron chi connectivity index (χ0n) is 16.5. The van der Waals surface area contributed by atoms with Crippen molar-refractivity contribution < 1.29 is 0 Å². The normalized spacial score (nSPS) is 11.5. The molecule has 0 aliphatic rings. The van der Waals surface area contributed by atoms with Crippen molar-refractivity contribution in [2.45, 2.75) is 6.92 Å². The van der Waals surface area contributed by atoms with E-state index in [-0.39, 0.29) is 0 Å². The molecule has 0 fully saturated rings. The predicted octanol–water partition coefficient (Wildman–Crippen LogP) is 6.43. The van der Waals surface area contributed by atoms with E-state index in [1.54, 1.807) is 17.5 Å². The summed E-state index contributed by atoms with van der Waals surface area (Å²) >= 11 is 7.69. The zero-order valence-corrected chi connectivity index (χ0v) is 18.1. The second-order valence-electron chi connectivity index (χ2n) is 7.38. The smallest absolute Gasteiger partial charge is 0.196 e. The molecule has 0 saturated heterocycles.